The van der Waals surface area contributed by atoms with Crippen LogP contribution >= 0.6 is 15.9 Å². The van der Waals surface area contributed by atoms with Crippen molar-refractivity contribution >= 4 is 21.6 Å². The summed E-state index contributed by atoms with van der Waals surface area (Å²) in [6, 6.07) is 7.37. The minimum Gasteiger partial charge on any atom is -0.493 e. The van der Waals surface area contributed by atoms with Crippen LogP contribution in [0.2, 0.25) is 0 Å². The second kappa shape index (κ2) is 7.21. The fourth-order valence-electron chi connectivity index (χ4n) is 1.69. The quantitative estimate of drug-likeness (QED) is 0.810. The van der Waals surface area contributed by atoms with Crippen molar-refractivity contribution in [1.29, 1.82) is 0 Å². The number of furan rings is 1. The molecule has 2 aromatic rings. The Morgan fingerprint density at radius 2 is 2.15 bits per heavy atom. The highest BCUT2D eigenvalue weighted by molar-refractivity contribution is 9.10. The van der Waals surface area contributed by atoms with E-state index in [-0.39, 0.29) is 13.2 Å². The van der Waals surface area contributed by atoms with Crippen LogP contribution in [0.15, 0.2) is 39.4 Å². The molecule has 5 nitrogen and oxygen atoms in total. The van der Waals surface area contributed by atoms with Crippen LogP contribution in [-0.2, 0) is 6.54 Å². The molecular weight excluding hydrogens is 326 g/mol. The van der Waals surface area contributed by atoms with Gasteiger partial charge in [0.05, 0.1) is 31.0 Å². The lowest BCUT2D eigenvalue weighted by atomic mass is 10.2. The lowest BCUT2D eigenvalue weighted by molar-refractivity contribution is 0.196. The van der Waals surface area contributed by atoms with Crippen LogP contribution in [-0.4, -0.2) is 25.4 Å². The van der Waals surface area contributed by atoms with Gasteiger partial charge in [-0.3, -0.25) is 0 Å². The van der Waals surface area contributed by atoms with Gasteiger partial charge in [0, 0.05) is 11.8 Å². The molecule has 0 atom stereocenters. The summed E-state index contributed by atoms with van der Waals surface area (Å²) in [7, 11) is 1.58. The van der Waals surface area contributed by atoms with Crippen molar-refractivity contribution in [3.05, 3.63) is 40.8 Å². The number of nitrogens with one attached hydrogen (secondary N) is 1. The van der Waals surface area contributed by atoms with Crippen LogP contribution in [0.4, 0.5) is 5.69 Å². The maximum atomic E-state index is 8.82. The number of hydrogen-bond acceptors (Lipinski definition) is 5. The molecule has 0 spiro atoms. The van der Waals surface area contributed by atoms with Gasteiger partial charge >= 0.3 is 0 Å². The standard InChI is InChI=1S/C14H16BrNO4/c1-18-12-3-2-10(8-13(12)20-7-5-17)16-9-14-11(15)4-6-19-14/h2-4,6,8,16-17H,5,7,9H2,1H3. The number of methoxy groups -OCH3 is 1. The van der Waals surface area contributed by atoms with Gasteiger partial charge in [0.2, 0.25) is 0 Å². The monoisotopic (exact) mass is 341 g/mol. The summed E-state index contributed by atoms with van der Waals surface area (Å²) in [5.41, 5.74) is 0.877. The lowest BCUT2D eigenvalue weighted by Gasteiger charge is -2.12. The average Bonchev–Trinajstić information content (AvgIpc) is 2.88. The van der Waals surface area contributed by atoms with E-state index in [9.17, 15) is 0 Å². The fraction of sp³-hybridized carbons (Fsp3) is 0.286. The van der Waals surface area contributed by atoms with Gasteiger partial charge in [-0.05, 0) is 34.1 Å². The summed E-state index contributed by atoms with van der Waals surface area (Å²) in [4.78, 5) is 0. The number of ether oxygens (including phenoxy) is 2. The SMILES string of the molecule is COc1ccc(NCc2occc2Br)cc1OCCO. The molecule has 1 aromatic carbocycles. The molecule has 20 heavy (non-hydrogen) atoms. The number of rotatable bonds is 7. The molecule has 0 amide bonds. The summed E-state index contributed by atoms with van der Waals surface area (Å²) >= 11 is 3.41. The molecule has 2 rings (SSSR count). The van der Waals surface area contributed by atoms with Gasteiger partial charge in [0.1, 0.15) is 12.4 Å². The summed E-state index contributed by atoms with van der Waals surface area (Å²) in [5.74, 6) is 2.03. The molecule has 0 saturated carbocycles. The second-order valence-corrected chi connectivity index (χ2v) is 4.84. The normalized spacial score (nSPS) is 10.3. The van der Waals surface area contributed by atoms with Crippen LogP contribution in [0.3, 0.4) is 0 Å². The highest BCUT2D eigenvalue weighted by Gasteiger charge is 2.07. The summed E-state index contributed by atoms with van der Waals surface area (Å²) in [5, 5.41) is 12.1. The van der Waals surface area contributed by atoms with Crippen molar-refractivity contribution < 1.29 is 19.0 Å². The van der Waals surface area contributed by atoms with E-state index in [1.807, 2.05) is 24.3 Å². The molecule has 0 bridgehead atoms. The van der Waals surface area contributed by atoms with Gasteiger partial charge in [0.25, 0.3) is 0 Å². The van der Waals surface area contributed by atoms with Crippen molar-refractivity contribution in [1.82, 2.24) is 0 Å². The first kappa shape index (κ1) is 14.7. The van der Waals surface area contributed by atoms with Gasteiger partial charge in [-0.25, -0.2) is 0 Å². The summed E-state index contributed by atoms with van der Waals surface area (Å²) in [6.45, 7) is 0.739. The Morgan fingerprint density at radius 1 is 1.30 bits per heavy atom. The van der Waals surface area contributed by atoms with Gasteiger partial charge in [-0.2, -0.15) is 0 Å². The summed E-state index contributed by atoms with van der Waals surface area (Å²) < 4.78 is 16.9. The van der Waals surface area contributed by atoms with Crippen molar-refractivity contribution in [3.63, 3.8) is 0 Å². The van der Waals surface area contributed by atoms with E-state index < -0.39 is 0 Å². The van der Waals surface area contributed by atoms with E-state index in [0.29, 0.717) is 18.0 Å². The lowest BCUT2D eigenvalue weighted by Crippen LogP contribution is -2.04. The van der Waals surface area contributed by atoms with Crippen LogP contribution < -0.4 is 14.8 Å². The molecule has 0 aliphatic heterocycles. The molecule has 0 saturated heterocycles. The van der Waals surface area contributed by atoms with Crippen molar-refractivity contribution in [2.45, 2.75) is 6.54 Å². The Balaban J connectivity index is 2.06. The van der Waals surface area contributed by atoms with Crippen molar-refractivity contribution in [3.8, 4) is 11.5 Å². The minimum absolute atomic E-state index is 0.0415. The maximum Gasteiger partial charge on any atom is 0.163 e. The number of halogens is 1. The van der Waals surface area contributed by atoms with Crippen LogP contribution in [0.1, 0.15) is 5.76 Å². The Morgan fingerprint density at radius 3 is 2.80 bits per heavy atom. The third-order valence-electron chi connectivity index (χ3n) is 2.66. The third-order valence-corrected chi connectivity index (χ3v) is 3.36. The van der Waals surface area contributed by atoms with Gasteiger partial charge in [-0.15, -0.1) is 0 Å². The molecular formula is C14H16BrNO4. The van der Waals surface area contributed by atoms with Gasteiger partial charge < -0.3 is 24.3 Å². The number of anilines is 1. The van der Waals surface area contributed by atoms with E-state index in [1.54, 1.807) is 13.4 Å². The Labute approximate surface area is 125 Å². The van der Waals surface area contributed by atoms with Crippen molar-refractivity contribution in [2.24, 2.45) is 0 Å². The van der Waals surface area contributed by atoms with Crippen molar-refractivity contribution in [2.75, 3.05) is 25.6 Å². The fourth-order valence-corrected chi connectivity index (χ4v) is 2.03. The molecule has 108 valence electrons. The van der Waals surface area contributed by atoms with E-state index in [1.165, 1.54) is 0 Å². The highest BCUT2D eigenvalue weighted by Crippen LogP contribution is 2.30. The molecule has 0 unspecified atom stereocenters. The first-order chi connectivity index (χ1) is 9.74. The highest BCUT2D eigenvalue weighted by atomic mass is 79.9. The minimum atomic E-state index is -0.0415. The van der Waals surface area contributed by atoms with Crippen LogP contribution in [0.25, 0.3) is 0 Å². The molecule has 0 radical (unpaired) electrons. The Bertz CT molecular complexity index is 556. The van der Waals surface area contributed by atoms with Gasteiger partial charge in [0.15, 0.2) is 11.5 Å². The molecule has 0 fully saturated rings. The number of hydrogen-bond donors (Lipinski definition) is 2. The maximum absolute atomic E-state index is 8.82. The van der Waals surface area contributed by atoms with Gasteiger partial charge in [-0.1, -0.05) is 0 Å². The predicted molar refractivity (Wildman–Crippen MR) is 79.3 cm³/mol. The third kappa shape index (κ3) is 3.68. The number of benzene rings is 1. The largest absolute Gasteiger partial charge is 0.493 e. The zero-order chi connectivity index (χ0) is 14.4. The summed E-state index contributed by atoms with van der Waals surface area (Å²) in [6.07, 6.45) is 1.63. The molecule has 0 aliphatic rings. The smallest absolute Gasteiger partial charge is 0.163 e. The molecule has 1 heterocycles. The van der Waals surface area contributed by atoms with E-state index in [2.05, 4.69) is 21.2 Å². The average molecular weight is 342 g/mol. The van der Waals surface area contributed by atoms with E-state index in [4.69, 9.17) is 19.0 Å². The zero-order valence-electron chi connectivity index (χ0n) is 11.1. The molecule has 6 heteroatoms. The predicted octanol–water partition coefficient (Wildman–Crippen LogP) is 3.03. The first-order valence-electron chi connectivity index (χ1n) is 6.12. The Hall–Kier alpha value is -1.66. The topological polar surface area (TPSA) is 63.9 Å². The number of aliphatic hydroxyl groups is 1. The van der Waals surface area contributed by atoms with E-state index >= 15 is 0 Å². The first-order valence-corrected chi connectivity index (χ1v) is 6.91. The van der Waals surface area contributed by atoms with Crippen LogP contribution in [0, 0.1) is 0 Å². The molecule has 2 N–H and O–H groups in total. The Kier molecular flexibility index (Phi) is 5.31. The molecule has 1 aromatic heterocycles. The molecule has 0 aliphatic carbocycles. The second-order valence-electron chi connectivity index (χ2n) is 3.98. The van der Waals surface area contributed by atoms with Crippen LogP contribution in [0.5, 0.6) is 11.5 Å². The number of aliphatic hydroxyl groups excluding tert-OH is 1. The van der Waals surface area contributed by atoms with E-state index in [0.717, 1.165) is 15.9 Å². The zero-order valence-corrected chi connectivity index (χ0v) is 12.6.